The molecule has 0 aliphatic carbocycles. The standard InChI is InChI=1S/C16H18BrNO2S/c1-3-20-16(19)15(18-10-12-5-4-8-21-12)13-7-6-11(2)9-14(13)17/h4-9,15,18H,3,10H2,1-2H3. The third-order valence-corrected chi connectivity index (χ3v) is 4.61. The van der Waals surface area contributed by atoms with Crippen LogP contribution in [0.4, 0.5) is 0 Å². The zero-order chi connectivity index (χ0) is 15.2. The van der Waals surface area contributed by atoms with Gasteiger partial charge in [-0.15, -0.1) is 11.3 Å². The fraction of sp³-hybridized carbons (Fsp3) is 0.312. The van der Waals surface area contributed by atoms with Crippen molar-refractivity contribution in [3.05, 3.63) is 56.2 Å². The van der Waals surface area contributed by atoms with Crippen molar-refractivity contribution in [3.63, 3.8) is 0 Å². The Balaban J connectivity index is 2.20. The molecule has 1 unspecified atom stereocenters. The number of benzene rings is 1. The molecule has 0 aliphatic heterocycles. The fourth-order valence-electron chi connectivity index (χ4n) is 2.03. The number of halogens is 1. The second-order valence-electron chi connectivity index (χ2n) is 4.67. The molecule has 0 amide bonds. The van der Waals surface area contributed by atoms with E-state index >= 15 is 0 Å². The minimum absolute atomic E-state index is 0.251. The van der Waals surface area contributed by atoms with Gasteiger partial charge in [-0.3, -0.25) is 5.32 Å². The Bertz CT molecular complexity index is 598. The molecule has 1 heterocycles. The fourth-order valence-corrected chi connectivity index (χ4v) is 3.41. The molecule has 2 rings (SSSR count). The van der Waals surface area contributed by atoms with Crippen LogP contribution in [0, 0.1) is 6.92 Å². The zero-order valence-corrected chi connectivity index (χ0v) is 14.5. The summed E-state index contributed by atoms with van der Waals surface area (Å²) in [6.07, 6.45) is 0. The molecule has 21 heavy (non-hydrogen) atoms. The maximum absolute atomic E-state index is 12.2. The van der Waals surface area contributed by atoms with Gasteiger partial charge in [0.2, 0.25) is 0 Å². The molecule has 1 N–H and O–H groups in total. The lowest BCUT2D eigenvalue weighted by atomic mass is 10.1. The summed E-state index contributed by atoms with van der Waals surface area (Å²) in [5, 5.41) is 5.32. The lowest BCUT2D eigenvalue weighted by molar-refractivity contribution is -0.145. The minimum Gasteiger partial charge on any atom is -0.465 e. The van der Waals surface area contributed by atoms with Crippen molar-refractivity contribution in [1.29, 1.82) is 0 Å². The van der Waals surface area contributed by atoms with Gasteiger partial charge in [0.05, 0.1) is 6.61 Å². The van der Waals surface area contributed by atoms with E-state index in [-0.39, 0.29) is 5.97 Å². The summed E-state index contributed by atoms with van der Waals surface area (Å²) in [7, 11) is 0. The number of thiophene rings is 1. The van der Waals surface area contributed by atoms with E-state index in [1.807, 2.05) is 49.6 Å². The van der Waals surface area contributed by atoms with Crippen LogP contribution in [0.1, 0.15) is 29.0 Å². The van der Waals surface area contributed by atoms with Gasteiger partial charge in [-0.1, -0.05) is 34.1 Å². The van der Waals surface area contributed by atoms with Crippen LogP contribution in [0.3, 0.4) is 0 Å². The van der Waals surface area contributed by atoms with Gasteiger partial charge in [-0.2, -0.15) is 0 Å². The first-order valence-corrected chi connectivity index (χ1v) is 8.47. The predicted octanol–water partition coefficient (Wildman–Crippen LogP) is 4.21. The molecule has 1 aromatic heterocycles. The van der Waals surface area contributed by atoms with Crippen molar-refractivity contribution in [1.82, 2.24) is 5.32 Å². The number of hydrogen-bond donors (Lipinski definition) is 1. The predicted molar refractivity (Wildman–Crippen MR) is 89.4 cm³/mol. The van der Waals surface area contributed by atoms with Gasteiger partial charge in [0, 0.05) is 15.9 Å². The maximum atomic E-state index is 12.2. The van der Waals surface area contributed by atoms with Gasteiger partial charge < -0.3 is 4.74 Å². The Morgan fingerprint density at radius 3 is 2.86 bits per heavy atom. The molecule has 1 atom stereocenters. The van der Waals surface area contributed by atoms with Crippen LogP contribution in [-0.4, -0.2) is 12.6 Å². The van der Waals surface area contributed by atoms with Crippen LogP contribution < -0.4 is 5.32 Å². The van der Waals surface area contributed by atoms with Crippen molar-refractivity contribution in [2.45, 2.75) is 26.4 Å². The molecule has 0 saturated carbocycles. The highest BCUT2D eigenvalue weighted by Gasteiger charge is 2.23. The summed E-state index contributed by atoms with van der Waals surface area (Å²) < 4.78 is 6.11. The Hall–Kier alpha value is -1.17. The SMILES string of the molecule is CCOC(=O)C(NCc1cccs1)c1ccc(C)cc1Br. The van der Waals surface area contributed by atoms with Gasteiger partial charge >= 0.3 is 5.97 Å². The summed E-state index contributed by atoms with van der Waals surface area (Å²) >= 11 is 5.21. The molecular formula is C16H18BrNO2S. The molecule has 0 fully saturated rings. The van der Waals surface area contributed by atoms with Crippen molar-refractivity contribution in [2.24, 2.45) is 0 Å². The third kappa shape index (κ3) is 4.40. The van der Waals surface area contributed by atoms with Crippen LogP contribution in [0.5, 0.6) is 0 Å². The molecule has 2 aromatic rings. The van der Waals surface area contributed by atoms with Crippen LogP contribution in [0.2, 0.25) is 0 Å². The Morgan fingerprint density at radius 1 is 1.43 bits per heavy atom. The molecule has 0 spiro atoms. The van der Waals surface area contributed by atoms with Crippen molar-refractivity contribution < 1.29 is 9.53 Å². The molecular weight excluding hydrogens is 350 g/mol. The number of hydrogen-bond acceptors (Lipinski definition) is 4. The molecule has 0 radical (unpaired) electrons. The van der Waals surface area contributed by atoms with E-state index in [0.29, 0.717) is 13.2 Å². The number of carbonyl (C=O) groups is 1. The topological polar surface area (TPSA) is 38.3 Å². The van der Waals surface area contributed by atoms with E-state index in [2.05, 4.69) is 21.2 Å². The number of aryl methyl sites for hydroxylation is 1. The lowest BCUT2D eigenvalue weighted by Crippen LogP contribution is -2.30. The van der Waals surface area contributed by atoms with Crippen LogP contribution in [0.15, 0.2) is 40.2 Å². The van der Waals surface area contributed by atoms with Crippen molar-refractivity contribution in [3.8, 4) is 0 Å². The second kappa shape index (κ2) is 7.73. The number of rotatable bonds is 6. The van der Waals surface area contributed by atoms with Crippen LogP contribution in [-0.2, 0) is 16.1 Å². The van der Waals surface area contributed by atoms with E-state index in [4.69, 9.17) is 4.74 Å². The van der Waals surface area contributed by atoms with Crippen LogP contribution in [0.25, 0.3) is 0 Å². The Labute approximate surface area is 137 Å². The average Bonchev–Trinajstić information content (AvgIpc) is 2.94. The molecule has 112 valence electrons. The first-order chi connectivity index (χ1) is 10.1. The van der Waals surface area contributed by atoms with Gasteiger partial charge in [0.15, 0.2) is 0 Å². The second-order valence-corrected chi connectivity index (χ2v) is 6.56. The highest BCUT2D eigenvalue weighted by Crippen LogP contribution is 2.26. The van der Waals surface area contributed by atoms with E-state index in [1.54, 1.807) is 11.3 Å². The monoisotopic (exact) mass is 367 g/mol. The normalized spacial score (nSPS) is 12.1. The summed E-state index contributed by atoms with van der Waals surface area (Å²) in [6.45, 7) is 4.85. The molecule has 1 aromatic carbocycles. The van der Waals surface area contributed by atoms with Gasteiger partial charge in [0.1, 0.15) is 6.04 Å². The summed E-state index contributed by atoms with van der Waals surface area (Å²) in [4.78, 5) is 13.4. The number of ether oxygens (including phenoxy) is 1. The molecule has 0 saturated heterocycles. The van der Waals surface area contributed by atoms with Crippen LogP contribution >= 0.6 is 27.3 Å². The molecule has 3 nitrogen and oxygen atoms in total. The highest BCUT2D eigenvalue weighted by molar-refractivity contribution is 9.10. The van der Waals surface area contributed by atoms with E-state index in [1.165, 1.54) is 4.88 Å². The third-order valence-electron chi connectivity index (χ3n) is 3.05. The Morgan fingerprint density at radius 2 is 2.24 bits per heavy atom. The lowest BCUT2D eigenvalue weighted by Gasteiger charge is -2.19. The molecule has 5 heteroatoms. The number of carbonyl (C=O) groups excluding carboxylic acids is 1. The molecule has 0 bridgehead atoms. The summed E-state index contributed by atoms with van der Waals surface area (Å²) in [5.41, 5.74) is 2.04. The minimum atomic E-state index is -0.470. The van der Waals surface area contributed by atoms with Gasteiger partial charge in [-0.05, 0) is 42.5 Å². The van der Waals surface area contributed by atoms with E-state index in [9.17, 15) is 4.79 Å². The maximum Gasteiger partial charge on any atom is 0.327 e. The van der Waals surface area contributed by atoms with Crippen molar-refractivity contribution in [2.75, 3.05) is 6.61 Å². The van der Waals surface area contributed by atoms with Gasteiger partial charge in [-0.25, -0.2) is 4.79 Å². The largest absolute Gasteiger partial charge is 0.465 e. The highest BCUT2D eigenvalue weighted by atomic mass is 79.9. The first kappa shape index (κ1) is 16.2. The Kier molecular flexibility index (Phi) is 5.96. The summed E-state index contributed by atoms with van der Waals surface area (Å²) in [6, 6.07) is 9.55. The van der Waals surface area contributed by atoms with Gasteiger partial charge in [0.25, 0.3) is 0 Å². The zero-order valence-electron chi connectivity index (χ0n) is 12.1. The first-order valence-electron chi connectivity index (χ1n) is 6.80. The number of esters is 1. The van der Waals surface area contributed by atoms with E-state index < -0.39 is 6.04 Å². The van der Waals surface area contributed by atoms with E-state index in [0.717, 1.165) is 15.6 Å². The average molecular weight is 368 g/mol. The quantitative estimate of drug-likeness (QED) is 0.777. The molecule has 0 aliphatic rings. The smallest absolute Gasteiger partial charge is 0.327 e. The van der Waals surface area contributed by atoms with Crippen molar-refractivity contribution >= 4 is 33.2 Å². The summed E-state index contributed by atoms with van der Waals surface area (Å²) in [5.74, 6) is -0.251. The number of nitrogens with one attached hydrogen (secondary N) is 1.